The molecule has 8 atom stereocenters. The molecule has 2 nitrogen and oxygen atoms in total. The van der Waals surface area contributed by atoms with Gasteiger partial charge in [-0.3, -0.25) is 4.79 Å². The summed E-state index contributed by atoms with van der Waals surface area (Å²) < 4.78 is 0. The van der Waals surface area contributed by atoms with Crippen molar-refractivity contribution in [2.24, 2.45) is 40.4 Å². The largest absolute Gasteiger partial charge is 0.390 e. The lowest BCUT2D eigenvalue weighted by atomic mass is 9.42. The van der Waals surface area contributed by atoms with E-state index in [2.05, 4.69) is 39.8 Å². The van der Waals surface area contributed by atoms with Gasteiger partial charge in [-0.2, -0.15) is 0 Å². The van der Waals surface area contributed by atoms with Crippen LogP contribution in [0.25, 0.3) is 0 Å². The molecular formula is C23H36O2. The molecule has 4 rings (SSSR count). The second-order valence-corrected chi connectivity index (χ2v) is 10.4. The van der Waals surface area contributed by atoms with Crippen LogP contribution in [0.1, 0.15) is 79.1 Å². The van der Waals surface area contributed by atoms with E-state index in [0.717, 1.165) is 38.0 Å². The maximum Gasteiger partial charge on any atom is 0.133 e. The van der Waals surface area contributed by atoms with Gasteiger partial charge in [-0.15, -0.1) is 0 Å². The molecule has 0 unspecified atom stereocenters. The maximum atomic E-state index is 12.2. The van der Waals surface area contributed by atoms with E-state index < -0.39 is 5.60 Å². The zero-order valence-corrected chi connectivity index (χ0v) is 16.6. The first-order valence-electron chi connectivity index (χ1n) is 10.6. The number of carbonyl (C=O) groups is 1. The molecule has 0 spiro atoms. The van der Waals surface area contributed by atoms with E-state index in [-0.39, 0.29) is 5.41 Å². The van der Waals surface area contributed by atoms with Gasteiger partial charge in [0.1, 0.15) is 5.78 Å². The molecule has 0 saturated heterocycles. The van der Waals surface area contributed by atoms with Crippen LogP contribution in [0.3, 0.4) is 0 Å². The number of hydrogen-bond acceptors (Lipinski definition) is 2. The number of allylic oxidation sites excluding steroid dienone is 2. The Balaban J connectivity index is 1.74. The Labute approximate surface area is 153 Å². The van der Waals surface area contributed by atoms with Crippen LogP contribution in [-0.2, 0) is 4.79 Å². The van der Waals surface area contributed by atoms with Gasteiger partial charge < -0.3 is 5.11 Å². The molecule has 0 aromatic rings. The molecule has 0 bridgehead atoms. The highest BCUT2D eigenvalue weighted by molar-refractivity contribution is 5.79. The molecule has 25 heavy (non-hydrogen) atoms. The van der Waals surface area contributed by atoms with Crippen LogP contribution in [0.15, 0.2) is 12.2 Å². The van der Waals surface area contributed by atoms with E-state index in [0.29, 0.717) is 34.9 Å². The van der Waals surface area contributed by atoms with Gasteiger partial charge in [0.2, 0.25) is 0 Å². The Kier molecular flexibility index (Phi) is 4.04. The summed E-state index contributed by atoms with van der Waals surface area (Å²) in [5.41, 5.74) is -0.0997. The number of ketones is 1. The third-order valence-electron chi connectivity index (χ3n) is 9.58. The van der Waals surface area contributed by atoms with Crippen LogP contribution in [0.2, 0.25) is 0 Å². The van der Waals surface area contributed by atoms with Crippen LogP contribution < -0.4 is 0 Å². The van der Waals surface area contributed by atoms with E-state index in [9.17, 15) is 9.90 Å². The molecule has 4 saturated carbocycles. The maximum absolute atomic E-state index is 12.2. The van der Waals surface area contributed by atoms with Gasteiger partial charge in [-0.05, 0) is 92.8 Å². The van der Waals surface area contributed by atoms with Crippen LogP contribution in [0.5, 0.6) is 0 Å². The van der Waals surface area contributed by atoms with Crippen molar-refractivity contribution in [2.45, 2.75) is 84.7 Å². The van der Waals surface area contributed by atoms with Crippen molar-refractivity contribution in [2.75, 3.05) is 0 Å². The minimum Gasteiger partial charge on any atom is -0.390 e. The Morgan fingerprint density at radius 3 is 2.52 bits per heavy atom. The first-order valence-corrected chi connectivity index (χ1v) is 10.6. The number of carbonyl (C=O) groups excluding carboxylic acids is 1. The van der Waals surface area contributed by atoms with Crippen LogP contribution in [0.4, 0.5) is 0 Å². The van der Waals surface area contributed by atoms with E-state index in [1.165, 1.54) is 19.3 Å². The molecule has 0 amide bonds. The summed E-state index contributed by atoms with van der Waals surface area (Å²) in [5, 5.41) is 11.1. The summed E-state index contributed by atoms with van der Waals surface area (Å²) in [5.74, 6) is 3.72. The number of rotatable bonds is 1. The van der Waals surface area contributed by atoms with Gasteiger partial charge in [-0.1, -0.05) is 26.0 Å². The highest BCUT2D eigenvalue weighted by Gasteiger charge is 2.64. The molecule has 2 heteroatoms. The van der Waals surface area contributed by atoms with E-state index in [1.54, 1.807) is 0 Å². The highest BCUT2D eigenvalue weighted by Crippen LogP contribution is 2.69. The molecule has 1 N–H and O–H groups in total. The third kappa shape index (κ3) is 2.35. The fraction of sp³-hybridized carbons (Fsp3) is 0.870. The van der Waals surface area contributed by atoms with Crippen molar-refractivity contribution in [1.82, 2.24) is 0 Å². The average molecular weight is 345 g/mol. The SMILES string of the molecule is C/C=C/[C@@H]1C[C@H]2CC(=O)CC[C@]2(C)[C@H]2CC[C@@]3(C)[C@@H](CC[C@]3(C)O)[C@H]12. The van der Waals surface area contributed by atoms with Crippen molar-refractivity contribution in [1.29, 1.82) is 0 Å². The normalized spacial score (nSPS) is 55.7. The van der Waals surface area contributed by atoms with Crippen molar-refractivity contribution in [3.63, 3.8) is 0 Å². The minimum absolute atomic E-state index is 0.0711. The van der Waals surface area contributed by atoms with Crippen LogP contribution >= 0.6 is 0 Å². The standard InChI is InChI=1S/C23H36O2/c1-5-6-15-13-16-14-17(24)7-10-21(16,2)18-8-11-22(3)19(20(15)18)9-12-23(22,4)25/h5-6,15-16,18-20,25H,7-14H2,1-4H3/b6-5+/t15-,16+,18+,19+,20-,21+,22+,23+/m1/s1. The van der Waals surface area contributed by atoms with Crippen molar-refractivity contribution >= 4 is 5.78 Å². The molecule has 0 aromatic heterocycles. The number of Topliss-reactive ketones (excluding diaryl/α,β-unsaturated/α-hetero) is 1. The molecule has 0 radical (unpaired) electrons. The first-order chi connectivity index (χ1) is 11.7. The molecule has 140 valence electrons. The third-order valence-corrected chi connectivity index (χ3v) is 9.58. The molecule has 0 aromatic carbocycles. The summed E-state index contributed by atoms with van der Waals surface area (Å²) in [6, 6.07) is 0. The Bertz CT molecular complexity index is 591. The van der Waals surface area contributed by atoms with Crippen molar-refractivity contribution in [3.8, 4) is 0 Å². The topological polar surface area (TPSA) is 37.3 Å². The molecule has 4 aliphatic rings. The lowest BCUT2D eigenvalue weighted by Gasteiger charge is -2.62. The van der Waals surface area contributed by atoms with Crippen molar-refractivity contribution in [3.05, 3.63) is 12.2 Å². The van der Waals surface area contributed by atoms with E-state index in [1.807, 2.05) is 0 Å². The van der Waals surface area contributed by atoms with E-state index in [4.69, 9.17) is 0 Å². The smallest absolute Gasteiger partial charge is 0.133 e. The van der Waals surface area contributed by atoms with Gasteiger partial charge in [0.15, 0.2) is 0 Å². The van der Waals surface area contributed by atoms with E-state index >= 15 is 0 Å². The van der Waals surface area contributed by atoms with Gasteiger partial charge in [0.25, 0.3) is 0 Å². The van der Waals surface area contributed by atoms with Gasteiger partial charge in [-0.25, -0.2) is 0 Å². The summed E-state index contributed by atoms with van der Waals surface area (Å²) in [7, 11) is 0. The number of aliphatic hydroxyl groups is 1. The van der Waals surface area contributed by atoms with Gasteiger partial charge in [0.05, 0.1) is 5.60 Å². The number of hydrogen-bond donors (Lipinski definition) is 1. The van der Waals surface area contributed by atoms with Crippen LogP contribution in [-0.4, -0.2) is 16.5 Å². The summed E-state index contributed by atoms with van der Waals surface area (Å²) in [6.45, 7) is 9.10. The van der Waals surface area contributed by atoms with Crippen LogP contribution in [0, 0.1) is 40.4 Å². The minimum atomic E-state index is -0.511. The molecule has 0 aliphatic heterocycles. The summed E-state index contributed by atoms with van der Waals surface area (Å²) in [4.78, 5) is 12.2. The Hall–Kier alpha value is -0.630. The first kappa shape index (κ1) is 17.8. The molecule has 4 fully saturated rings. The lowest BCUT2D eigenvalue weighted by Crippen LogP contribution is -2.58. The zero-order valence-electron chi connectivity index (χ0n) is 16.6. The fourth-order valence-corrected chi connectivity index (χ4v) is 7.81. The quantitative estimate of drug-likeness (QED) is 0.668. The number of fused-ring (bicyclic) bond motifs is 5. The molecular weight excluding hydrogens is 308 g/mol. The second kappa shape index (κ2) is 5.68. The Morgan fingerprint density at radius 1 is 1.08 bits per heavy atom. The summed E-state index contributed by atoms with van der Waals surface area (Å²) in [6.07, 6.45) is 13.1. The van der Waals surface area contributed by atoms with Gasteiger partial charge in [0, 0.05) is 12.8 Å². The lowest BCUT2D eigenvalue weighted by molar-refractivity contribution is -0.162. The zero-order chi connectivity index (χ0) is 18.0. The molecule has 4 aliphatic carbocycles. The second-order valence-electron chi connectivity index (χ2n) is 10.4. The monoisotopic (exact) mass is 344 g/mol. The predicted octanol–water partition coefficient (Wildman–Crippen LogP) is 5.15. The predicted molar refractivity (Wildman–Crippen MR) is 101 cm³/mol. The molecule has 0 heterocycles. The van der Waals surface area contributed by atoms with Crippen molar-refractivity contribution < 1.29 is 9.90 Å². The average Bonchev–Trinajstić information content (AvgIpc) is 2.79. The summed E-state index contributed by atoms with van der Waals surface area (Å²) >= 11 is 0. The van der Waals surface area contributed by atoms with Gasteiger partial charge >= 0.3 is 0 Å². The highest BCUT2D eigenvalue weighted by atomic mass is 16.3. The Morgan fingerprint density at radius 2 is 1.80 bits per heavy atom. The fourth-order valence-electron chi connectivity index (χ4n) is 7.81.